The fourth-order valence-corrected chi connectivity index (χ4v) is 2.80. The summed E-state index contributed by atoms with van der Waals surface area (Å²) in [4.78, 5) is 28.5. The summed E-state index contributed by atoms with van der Waals surface area (Å²) in [5.74, 6) is -0.753. The molecule has 0 aliphatic carbocycles. The van der Waals surface area contributed by atoms with Crippen molar-refractivity contribution < 1.29 is 9.59 Å². The SMILES string of the molecule is CC(C)c1ccc(NC(=O)C(=O)NCCCN2CCN(C)CC2)cc1. The van der Waals surface area contributed by atoms with Gasteiger partial charge in [-0.3, -0.25) is 9.59 Å². The van der Waals surface area contributed by atoms with Gasteiger partial charge in [0.05, 0.1) is 0 Å². The zero-order valence-corrected chi connectivity index (χ0v) is 15.5. The molecule has 0 bridgehead atoms. The molecule has 0 saturated carbocycles. The van der Waals surface area contributed by atoms with Gasteiger partial charge in [0.15, 0.2) is 0 Å². The molecule has 138 valence electrons. The minimum Gasteiger partial charge on any atom is -0.348 e. The number of hydrogen-bond acceptors (Lipinski definition) is 4. The molecule has 25 heavy (non-hydrogen) atoms. The minimum atomic E-state index is -0.614. The van der Waals surface area contributed by atoms with Crippen LogP contribution in [0.2, 0.25) is 0 Å². The fraction of sp³-hybridized carbons (Fsp3) is 0.579. The number of rotatable bonds is 6. The van der Waals surface area contributed by atoms with E-state index in [0.717, 1.165) is 39.1 Å². The maximum atomic E-state index is 11.9. The van der Waals surface area contributed by atoms with Gasteiger partial charge in [-0.15, -0.1) is 0 Å². The Bertz CT molecular complexity index is 563. The summed E-state index contributed by atoms with van der Waals surface area (Å²) in [6.45, 7) is 10.0. The lowest BCUT2D eigenvalue weighted by atomic mass is 10.0. The predicted molar refractivity (Wildman–Crippen MR) is 101 cm³/mol. The number of anilines is 1. The van der Waals surface area contributed by atoms with Gasteiger partial charge < -0.3 is 20.4 Å². The number of amides is 2. The highest BCUT2D eigenvalue weighted by Gasteiger charge is 2.15. The topological polar surface area (TPSA) is 64.7 Å². The van der Waals surface area contributed by atoms with E-state index in [9.17, 15) is 9.59 Å². The van der Waals surface area contributed by atoms with E-state index in [2.05, 4.69) is 41.3 Å². The number of piperazine rings is 1. The van der Waals surface area contributed by atoms with Crippen molar-refractivity contribution in [2.75, 3.05) is 51.6 Å². The predicted octanol–water partition coefficient (Wildman–Crippen LogP) is 1.50. The van der Waals surface area contributed by atoms with Crippen LogP contribution >= 0.6 is 0 Å². The van der Waals surface area contributed by atoms with E-state index >= 15 is 0 Å². The summed E-state index contributed by atoms with van der Waals surface area (Å²) < 4.78 is 0. The van der Waals surface area contributed by atoms with Gasteiger partial charge >= 0.3 is 11.8 Å². The van der Waals surface area contributed by atoms with E-state index in [1.807, 2.05) is 24.3 Å². The van der Waals surface area contributed by atoms with Gasteiger partial charge in [0, 0.05) is 38.4 Å². The van der Waals surface area contributed by atoms with Gasteiger partial charge in [0.2, 0.25) is 0 Å². The highest BCUT2D eigenvalue weighted by atomic mass is 16.2. The molecule has 1 saturated heterocycles. The van der Waals surface area contributed by atoms with Crippen molar-refractivity contribution in [3.8, 4) is 0 Å². The van der Waals surface area contributed by atoms with Crippen LogP contribution in [-0.2, 0) is 9.59 Å². The van der Waals surface area contributed by atoms with E-state index in [0.29, 0.717) is 18.2 Å². The highest BCUT2D eigenvalue weighted by Crippen LogP contribution is 2.16. The Labute approximate surface area is 150 Å². The summed E-state index contributed by atoms with van der Waals surface area (Å²) in [5.41, 5.74) is 1.84. The molecular formula is C19H30N4O2. The van der Waals surface area contributed by atoms with Crippen LogP contribution in [0.25, 0.3) is 0 Å². The molecule has 2 amide bonds. The molecule has 0 unspecified atom stereocenters. The van der Waals surface area contributed by atoms with Crippen LogP contribution in [-0.4, -0.2) is 67.9 Å². The van der Waals surface area contributed by atoms with Crippen molar-refractivity contribution in [3.63, 3.8) is 0 Å². The second-order valence-corrected chi connectivity index (χ2v) is 6.99. The standard InChI is InChI=1S/C19H30N4O2/c1-15(2)16-5-7-17(8-6-16)21-19(25)18(24)20-9-4-10-23-13-11-22(3)12-14-23/h5-8,15H,4,9-14H2,1-3H3,(H,20,24)(H,21,25). The Morgan fingerprint density at radius 3 is 2.28 bits per heavy atom. The number of carbonyl (C=O) groups excluding carboxylic acids is 2. The smallest absolute Gasteiger partial charge is 0.313 e. The maximum absolute atomic E-state index is 11.9. The summed E-state index contributed by atoms with van der Waals surface area (Å²) in [6.07, 6.45) is 0.853. The molecule has 2 rings (SSSR count). The molecule has 1 aliphatic heterocycles. The molecule has 0 aromatic heterocycles. The number of likely N-dealkylation sites (N-methyl/N-ethyl adjacent to an activating group) is 1. The zero-order chi connectivity index (χ0) is 18.2. The molecule has 2 N–H and O–H groups in total. The van der Waals surface area contributed by atoms with E-state index < -0.39 is 11.8 Å². The molecule has 1 aromatic rings. The maximum Gasteiger partial charge on any atom is 0.313 e. The van der Waals surface area contributed by atoms with Crippen molar-refractivity contribution in [3.05, 3.63) is 29.8 Å². The van der Waals surface area contributed by atoms with Crippen LogP contribution in [0.15, 0.2) is 24.3 Å². The average molecular weight is 346 g/mol. The highest BCUT2D eigenvalue weighted by molar-refractivity contribution is 6.39. The molecule has 0 atom stereocenters. The molecule has 6 nitrogen and oxygen atoms in total. The molecule has 0 radical (unpaired) electrons. The first-order chi connectivity index (χ1) is 12.0. The Kier molecular flexibility index (Phi) is 7.40. The summed E-state index contributed by atoms with van der Waals surface area (Å²) in [6, 6.07) is 7.59. The third kappa shape index (κ3) is 6.48. The van der Waals surface area contributed by atoms with Crippen molar-refractivity contribution in [1.29, 1.82) is 0 Å². The normalized spacial score (nSPS) is 16.0. The van der Waals surface area contributed by atoms with Crippen LogP contribution in [0.3, 0.4) is 0 Å². The lowest BCUT2D eigenvalue weighted by Gasteiger charge is -2.32. The van der Waals surface area contributed by atoms with Crippen LogP contribution in [0, 0.1) is 0 Å². The van der Waals surface area contributed by atoms with Crippen LogP contribution in [0.4, 0.5) is 5.69 Å². The van der Waals surface area contributed by atoms with E-state index in [4.69, 9.17) is 0 Å². The minimum absolute atomic E-state index is 0.438. The van der Waals surface area contributed by atoms with Crippen molar-refractivity contribution in [1.82, 2.24) is 15.1 Å². The molecule has 0 spiro atoms. The van der Waals surface area contributed by atoms with Crippen molar-refractivity contribution >= 4 is 17.5 Å². The second kappa shape index (κ2) is 9.53. The summed E-state index contributed by atoms with van der Waals surface area (Å²) in [7, 11) is 2.13. The van der Waals surface area contributed by atoms with Crippen LogP contribution in [0.5, 0.6) is 0 Å². The number of nitrogens with zero attached hydrogens (tertiary/aromatic N) is 2. The number of benzene rings is 1. The third-order valence-corrected chi connectivity index (χ3v) is 4.57. The van der Waals surface area contributed by atoms with E-state index in [1.54, 1.807) is 0 Å². The number of hydrogen-bond donors (Lipinski definition) is 2. The molecular weight excluding hydrogens is 316 g/mol. The third-order valence-electron chi connectivity index (χ3n) is 4.57. The molecule has 6 heteroatoms. The van der Waals surface area contributed by atoms with E-state index in [1.165, 1.54) is 5.56 Å². The van der Waals surface area contributed by atoms with Gasteiger partial charge in [0.25, 0.3) is 0 Å². The van der Waals surface area contributed by atoms with Crippen molar-refractivity contribution in [2.24, 2.45) is 0 Å². The molecule has 1 aromatic carbocycles. The van der Waals surface area contributed by atoms with E-state index in [-0.39, 0.29) is 0 Å². The molecule has 1 aliphatic rings. The van der Waals surface area contributed by atoms with Crippen LogP contribution in [0.1, 0.15) is 31.7 Å². The quantitative estimate of drug-likeness (QED) is 0.605. The second-order valence-electron chi connectivity index (χ2n) is 6.99. The fourth-order valence-electron chi connectivity index (χ4n) is 2.80. The Balaban J connectivity index is 1.65. The van der Waals surface area contributed by atoms with Gasteiger partial charge in [-0.05, 0) is 43.6 Å². The van der Waals surface area contributed by atoms with Gasteiger partial charge in [-0.1, -0.05) is 26.0 Å². The van der Waals surface area contributed by atoms with Gasteiger partial charge in [0.1, 0.15) is 0 Å². The van der Waals surface area contributed by atoms with Gasteiger partial charge in [-0.25, -0.2) is 0 Å². The van der Waals surface area contributed by atoms with Crippen molar-refractivity contribution in [2.45, 2.75) is 26.2 Å². The lowest BCUT2D eigenvalue weighted by Crippen LogP contribution is -2.45. The monoisotopic (exact) mass is 346 g/mol. The van der Waals surface area contributed by atoms with Gasteiger partial charge in [-0.2, -0.15) is 0 Å². The number of carbonyl (C=O) groups is 2. The first-order valence-corrected chi connectivity index (χ1v) is 9.05. The molecule has 1 fully saturated rings. The average Bonchev–Trinajstić information content (AvgIpc) is 2.60. The Morgan fingerprint density at radius 2 is 1.68 bits per heavy atom. The summed E-state index contributed by atoms with van der Waals surface area (Å²) >= 11 is 0. The zero-order valence-electron chi connectivity index (χ0n) is 15.5. The first kappa shape index (κ1) is 19.4. The Morgan fingerprint density at radius 1 is 1.04 bits per heavy atom. The largest absolute Gasteiger partial charge is 0.348 e. The summed E-state index contributed by atoms with van der Waals surface area (Å²) in [5, 5.41) is 5.33. The Hall–Kier alpha value is -1.92. The first-order valence-electron chi connectivity index (χ1n) is 9.05. The van der Waals surface area contributed by atoms with Crippen LogP contribution < -0.4 is 10.6 Å². The number of nitrogens with one attached hydrogen (secondary N) is 2. The lowest BCUT2D eigenvalue weighted by molar-refractivity contribution is -0.136. The molecule has 1 heterocycles.